The quantitative estimate of drug-likeness (QED) is 0.421. The summed E-state index contributed by atoms with van der Waals surface area (Å²) in [5.74, 6) is -0.494. The van der Waals surface area contributed by atoms with Gasteiger partial charge in [0.1, 0.15) is 5.69 Å². The zero-order valence-corrected chi connectivity index (χ0v) is 18.1. The summed E-state index contributed by atoms with van der Waals surface area (Å²) in [7, 11) is 0. The van der Waals surface area contributed by atoms with Crippen LogP contribution in [0.1, 0.15) is 22.8 Å². The minimum absolute atomic E-state index is 0.182. The second-order valence-corrected chi connectivity index (χ2v) is 7.22. The molecule has 2 aromatic carbocycles. The summed E-state index contributed by atoms with van der Waals surface area (Å²) in [6.45, 7) is 2.39. The minimum atomic E-state index is -0.312. The maximum atomic E-state index is 12.6. The molecule has 2 aromatic heterocycles. The number of amides is 2. The highest BCUT2D eigenvalue weighted by Crippen LogP contribution is 2.24. The van der Waals surface area contributed by atoms with Crippen molar-refractivity contribution in [2.75, 3.05) is 11.9 Å². The molecule has 0 aliphatic rings. The summed E-state index contributed by atoms with van der Waals surface area (Å²) < 4.78 is 1.77. The summed E-state index contributed by atoms with van der Waals surface area (Å²) in [6, 6.07) is 20.3. The minimum Gasteiger partial charge on any atom is -0.352 e. The van der Waals surface area contributed by atoms with Crippen LogP contribution in [0.25, 0.3) is 23.0 Å². The molecule has 0 radical (unpaired) electrons. The van der Waals surface area contributed by atoms with Crippen LogP contribution in [0, 0.1) is 0 Å². The fraction of sp³-hybridized carbons (Fsp3) is 0.0769. The molecule has 0 atom stereocenters. The molecule has 0 saturated carbocycles. The standard InChI is InChI=1S/C26H23N5O2/c1-2-28-26(33)19-8-6-10-22(16-19)29-24(32)14-13-21-18-31(23-11-4-3-5-12-23)30-25(21)20-9-7-15-27-17-20/h3-18H,2H2,1H3,(H,28,33)(H,29,32). The van der Waals surface area contributed by atoms with Gasteiger partial charge in [-0.1, -0.05) is 24.3 Å². The lowest BCUT2D eigenvalue weighted by molar-refractivity contribution is -0.111. The molecule has 2 amide bonds. The van der Waals surface area contributed by atoms with E-state index in [1.165, 1.54) is 6.08 Å². The molecule has 7 heteroatoms. The van der Waals surface area contributed by atoms with Gasteiger partial charge in [0.05, 0.1) is 5.69 Å². The van der Waals surface area contributed by atoms with E-state index in [0.29, 0.717) is 23.5 Å². The van der Waals surface area contributed by atoms with Crippen LogP contribution in [0.3, 0.4) is 0 Å². The van der Waals surface area contributed by atoms with E-state index < -0.39 is 0 Å². The predicted octanol–water partition coefficient (Wildman–Crippen LogP) is 4.34. The molecule has 0 aliphatic carbocycles. The van der Waals surface area contributed by atoms with Gasteiger partial charge in [0.15, 0.2) is 0 Å². The summed E-state index contributed by atoms with van der Waals surface area (Å²) >= 11 is 0. The Kier molecular flexibility index (Phi) is 6.70. The molecule has 0 aliphatic heterocycles. The summed E-state index contributed by atoms with van der Waals surface area (Å²) in [6.07, 6.45) is 8.48. The highest BCUT2D eigenvalue weighted by Gasteiger charge is 2.11. The van der Waals surface area contributed by atoms with Crippen molar-refractivity contribution in [3.8, 4) is 16.9 Å². The second-order valence-electron chi connectivity index (χ2n) is 7.22. The number of benzene rings is 2. The molecule has 33 heavy (non-hydrogen) atoms. The first-order valence-corrected chi connectivity index (χ1v) is 10.6. The Morgan fingerprint density at radius 1 is 1.03 bits per heavy atom. The SMILES string of the molecule is CCNC(=O)c1cccc(NC(=O)C=Cc2cn(-c3ccccc3)nc2-c2cccnc2)c1. The summed E-state index contributed by atoms with van der Waals surface area (Å²) in [5.41, 5.74) is 4.28. The van der Waals surface area contributed by atoms with E-state index in [9.17, 15) is 9.59 Å². The van der Waals surface area contributed by atoms with E-state index in [1.807, 2.05) is 55.6 Å². The molecule has 2 N–H and O–H groups in total. The van der Waals surface area contributed by atoms with Gasteiger partial charge in [-0.3, -0.25) is 14.6 Å². The molecule has 0 fully saturated rings. The van der Waals surface area contributed by atoms with Crippen molar-refractivity contribution in [2.24, 2.45) is 0 Å². The molecule has 7 nitrogen and oxygen atoms in total. The monoisotopic (exact) mass is 437 g/mol. The van der Waals surface area contributed by atoms with E-state index in [0.717, 1.165) is 16.8 Å². The first-order valence-electron chi connectivity index (χ1n) is 10.6. The Morgan fingerprint density at radius 3 is 2.64 bits per heavy atom. The van der Waals surface area contributed by atoms with Crippen LogP contribution >= 0.6 is 0 Å². The van der Waals surface area contributed by atoms with Gasteiger partial charge in [-0.15, -0.1) is 0 Å². The Bertz CT molecular complexity index is 1280. The summed E-state index contributed by atoms with van der Waals surface area (Å²) in [5, 5.41) is 10.3. The molecule has 0 bridgehead atoms. The van der Waals surface area contributed by atoms with E-state index in [2.05, 4.69) is 15.6 Å². The molecule has 0 spiro atoms. The van der Waals surface area contributed by atoms with Crippen molar-refractivity contribution < 1.29 is 9.59 Å². The van der Waals surface area contributed by atoms with Gasteiger partial charge >= 0.3 is 0 Å². The first kappa shape index (κ1) is 21.7. The predicted molar refractivity (Wildman–Crippen MR) is 129 cm³/mol. The van der Waals surface area contributed by atoms with Crippen LogP contribution in [0.2, 0.25) is 0 Å². The van der Waals surface area contributed by atoms with E-state index in [-0.39, 0.29) is 11.8 Å². The van der Waals surface area contributed by atoms with E-state index >= 15 is 0 Å². The van der Waals surface area contributed by atoms with Gasteiger partial charge in [0, 0.05) is 53.6 Å². The zero-order chi connectivity index (χ0) is 23.0. The van der Waals surface area contributed by atoms with Crippen LogP contribution in [0.15, 0.2) is 91.4 Å². The smallest absolute Gasteiger partial charge is 0.251 e. The number of nitrogens with one attached hydrogen (secondary N) is 2. The lowest BCUT2D eigenvalue weighted by atomic mass is 10.1. The van der Waals surface area contributed by atoms with Crippen LogP contribution < -0.4 is 10.6 Å². The number of hydrogen-bond acceptors (Lipinski definition) is 4. The molecule has 164 valence electrons. The van der Waals surface area contributed by atoms with Gasteiger partial charge in [-0.2, -0.15) is 5.10 Å². The van der Waals surface area contributed by atoms with Crippen molar-refractivity contribution in [3.63, 3.8) is 0 Å². The number of carbonyl (C=O) groups excluding carboxylic acids is 2. The number of nitrogens with zero attached hydrogens (tertiary/aromatic N) is 3. The highest BCUT2D eigenvalue weighted by atomic mass is 16.2. The molecule has 0 saturated heterocycles. The van der Waals surface area contributed by atoms with Gasteiger partial charge in [0.25, 0.3) is 5.91 Å². The number of aromatic nitrogens is 3. The largest absolute Gasteiger partial charge is 0.352 e. The van der Waals surface area contributed by atoms with Crippen LogP contribution in [-0.4, -0.2) is 33.1 Å². The average Bonchev–Trinajstić information content (AvgIpc) is 3.29. The van der Waals surface area contributed by atoms with Crippen molar-refractivity contribution in [1.29, 1.82) is 0 Å². The average molecular weight is 438 g/mol. The normalized spacial score (nSPS) is 10.8. The van der Waals surface area contributed by atoms with Crippen molar-refractivity contribution in [1.82, 2.24) is 20.1 Å². The lowest BCUT2D eigenvalue weighted by Crippen LogP contribution is -2.22. The van der Waals surface area contributed by atoms with Gasteiger partial charge in [0.2, 0.25) is 5.91 Å². The molecular weight excluding hydrogens is 414 g/mol. The fourth-order valence-electron chi connectivity index (χ4n) is 3.30. The number of rotatable bonds is 7. The molecule has 4 rings (SSSR count). The Labute approximate surface area is 191 Å². The van der Waals surface area contributed by atoms with Crippen LogP contribution in [0.4, 0.5) is 5.69 Å². The number of para-hydroxylation sites is 1. The Morgan fingerprint density at radius 2 is 1.88 bits per heavy atom. The van der Waals surface area contributed by atoms with Crippen LogP contribution in [0.5, 0.6) is 0 Å². The van der Waals surface area contributed by atoms with Crippen molar-refractivity contribution >= 4 is 23.6 Å². The number of carbonyl (C=O) groups is 2. The van der Waals surface area contributed by atoms with E-state index in [4.69, 9.17) is 5.10 Å². The molecule has 4 aromatic rings. The lowest BCUT2D eigenvalue weighted by Gasteiger charge is -2.06. The fourth-order valence-corrected chi connectivity index (χ4v) is 3.30. The summed E-state index contributed by atoms with van der Waals surface area (Å²) in [4.78, 5) is 28.8. The number of hydrogen-bond donors (Lipinski definition) is 2. The highest BCUT2D eigenvalue weighted by molar-refractivity contribution is 6.03. The Hall–Kier alpha value is -4.52. The van der Waals surface area contributed by atoms with Gasteiger partial charge in [-0.25, -0.2) is 4.68 Å². The van der Waals surface area contributed by atoms with Gasteiger partial charge < -0.3 is 10.6 Å². The second kappa shape index (κ2) is 10.2. The van der Waals surface area contributed by atoms with E-state index in [1.54, 1.807) is 47.4 Å². The number of anilines is 1. The Balaban J connectivity index is 1.57. The molecule has 2 heterocycles. The van der Waals surface area contributed by atoms with Crippen molar-refractivity contribution in [2.45, 2.75) is 6.92 Å². The number of pyridine rings is 1. The van der Waals surface area contributed by atoms with Crippen molar-refractivity contribution in [3.05, 3.63) is 103 Å². The maximum Gasteiger partial charge on any atom is 0.251 e. The zero-order valence-electron chi connectivity index (χ0n) is 18.1. The molecular formula is C26H23N5O2. The third-order valence-corrected chi connectivity index (χ3v) is 4.84. The topological polar surface area (TPSA) is 88.9 Å². The third-order valence-electron chi connectivity index (χ3n) is 4.84. The first-order chi connectivity index (χ1) is 16.1. The van der Waals surface area contributed by atoms with Crippen LogP contribution in [-0.2, 0) is 4.79 Å². The van der Waals surface area contributed by atoms with Gasteiger partial charge in [-0.05, 0) is 55.5 Å². The maximum absolute atomic E-state index is 12.6. The third kappa shape index (κ3) is 5.40. The molecule has 0 unspecified atom stereocenters.